The van der Waals surface area contributed by atoms with E-state index in [2.05, 4.69) is 233 Å². The van der Waals surface area contributed by atoms with Gasteiger partial charge < -0.3 is 33.3 Å². The molecule has 0 N–H and O–H groups in total. The fraction of sp³-hybridized carbons (Fsp3) is 0.567. The van der Waals surface area contributed by atoms with E-state index in [0.717, 1.165) is 161 Å². The molecule has 0 aliphatic carbocycles. The number of ether oxygens (including phenoxy) is 4. The molecule has 9 nitrogen and oxygen atoms in total. The maximum atomic E-state index is 13.0. The minimum atomic E-state index is -1.65. The Balaban J connectivity index is 4.20. The molecule has 0 rings (SSSR count). The van der Waals surface area contributed by atoms with Crippen LogP contribution in [-0.2, 0) is 33.3 Å². The fourth-order valence-corrected chi connectivity index (χ4v) is 9.87. The summed E-state index contributed by atoms with van der Waals surface area (Å²) in [6, 6.07) is 0. The van der Waals surface area contributed by atoms with Crippen molar-refractivity contribution in [2.45, 2.75) is 283 Å². The van der Waals surface area contributed by atoms with Gasteiger partial charge in [0, 0.05) is 12.8 Å². The zero-order chi connectivity index (χ0) is 71.8. The van der Waals surface area contributed by atoms with E-state index >= 15 is 0 Å². The molecular weight excluding hydrogens is 1220 g/mol. The highest BCUT2D eigenvalue weighted by Gasteiger charge is 2.22. The number of esters is 2. The zero-order valence-electron chi connectivity index (χ0n) is 63.3. The number of hydrogen-bond donors (Lipinski definition) is 0. The Kier molecular flexibility index (Phi) is 72.4. The number of carbonyl (C=O) groups is 3. The highest BCUT2D eigenvalue weighted by molar-refractivity contribution is 5.70. The number of carbonyl (C=O) groups excluding carboxylic acids is 3. The van der Waals surface area contributed by atoms with E-state index in [-0.39, 0.29) is 38.6 Å². The number of aliphatic carboxylic acids is 1. The van der Waals surface area contributed by atoms with Gasteiger partial charge in [-0.2, -0.15) is 0 Å². The normalized spacial score (nSPS) is 13.9. The second kappa shape index (κ2) is 77.3. The maximum Gasteiger partial charge on any atom is 0.306 e. The average Bonchev–Trinajstić information content (AvgIpc) is 2.19. The summed E-state index contributed by atoms with van der Waals surface area (Å²) in [5, 5.41) is 11.9. The van der Waals surface area contributed by atoms with Gasteiger partial charge in [0.1, 0.15) is 13.2 Å². The molecule has 554 valence electrons. The number of unbranched alkanes of at least 4 members (excludes halogenated alkanes) is 18. The molecule has 0 aliphatic rings. The molecule has 0 fully saturated rings. The van der Waals surface area contributed by atoms with Gasteiger partial charge in [0.2, 0.25) is 0 Å². The summed E-state index contributed by atoms with van der Waals surface area (Å²) in [5.74, 6) is -2.35. The Labute approximate surface area is 607 Å². The van der Waals surface area contributed by atoms with Crippen LogP contribution in [0.1, 0.15) is 271 Å². The Morgan fingerprint density at radius 2 is 0.545 bits per heavy atom. The topological polar surface area (TPSA) is 111 Å². The lowest BCUT2D eigenvalue weighted by molar-refractivity contribution is -0.870. The molecule has 99 heavy (non-hydrogen) atoms. The number of hydrogen-bond acceptors (Lipinski definition) is 8. The standard InChI is InChI=1S/C90H141NO8/c1-6-8-10-12-14-16-18-20-22-24-26-28-30-32-34-36-38-40-42-44-46-48-50-52-54-56-58-60-62-64-66-68-70-72-74-76-78-80-87(92)97-84-86(85-98-90(89(94)95)96-83-82-91(3,4)5)99-88(93)81-79-77-75-73-71-69-67-65-63-61-59-57-55-53-51-49-47-45-43-41-39-37-35-33-31-29-27-25-23-21-19-17-15-13-11-9-7-2/h8-11,14-17,20-23,26-29,32-35,38-41,44-47,51,53,57,59,63,65,69,71,86,90H,6-7,12-13,18-19,24-25,30-31,36-37,42-43,48-50,52,54-56,58,60-62,64,66-68,70,72-85H2,1-5H3/b10-8-,11-9-,16-14-,17-15-,22-20-,23-21-,28-26-,29-27-,34-32-,35-33-,40-38-,41-39-,46-44-,47-45-,53-51-,59-57-,65-63-,71-69-. The third-order valence-electron chi connectivity index (χ3n) is 15.7. The van der Waals surface area contributed by atoms with Crippen LogP contribution in [-0.4, -0.2) is 82.3 Å². The lowest BCUT2D eigenvalue weighted by Crippen LogP contribution is -2.44. The summed E-state index contributed by atoms with van der Waals surface area (Å²) >= 11 is 0. The monoisotopic (exact) mass is 1360 g/mol. The Morgan fingerprint density at radius 3 is 0.818 bits per heavy atom. The molecule has 2 unspecified atom stereocenters. The van der Waals surface area contributed by atoms with Crippen molar-refractivity contribution in [3.05, 3.63) is 219 Å². The van der Waals surface area contributed by atoms with Crippen molar-refractivity contribution in [1.82, 2.24) is 0 Å². The number of quaternary nitrogens is 1. The number of nitrogens with zero attached hydrogens (tertiary/aromatic N) is 1. The minimum absolute atomic E-state index is 0.130. The lowest BCUT2D eigenvalue weighted by atomic mass is 10.0. The van der Waals surface area contributed by atoms with E-state index in [1.54, 1.807) is 0 Å². The highest BCUT2D eigenvalue weighted by atomic mass is 16.7. The molecule has 0 radical (unpaired) electrons. The van der Waals surface area contributed by atoms with E-state index in [0.29, 0.717) is 17.4 Å². The van der Waals surface area contributed by atoms with Crippen molar-refractivity contribution in [3.63, 3.8) is 0 Å². The van der Waals surface area contributed by atoms with Crippen molar-refractivity contribution in [2.75, 3.05) is 47.5 Å². The van der Waals surface area contributed by atoms with Crippen LogP contribution in [0, 0.1) is 0 Å². The van der Waals surface area contributed by atoms with Crippen molar-refractivity contribution < 1.29 is 42.9 Å². The predicted molar refractivity (Wildman–Crippen MR) is 425 cm³/mol. The summed E-state index contributed by atoms with van der Waals surface area (Å²) in [4.78, 5) is 37.6. The fourth-order valence-electron chi connectivity index (χ4n) is 9.87. The summed E-state index contributed by atoms with van der Waals surface area (Å²) in [6.07, 6.45) is 119. The molecule has 0 heterocycles. The first-order valence-electron chi connectivity index (χ1n) is 38.9. The first kappa shape index (κ1) is 92.6. The molecule has 9 heteroatoms. The molecule has 0 saturated carbocycles. The quantitative estimate of drug-likeness (QED) is 0.0195. The molecule has 0 aliphatic heterocycles. The van der Waals surface area contributed by atoms with E-state index in [4.69, 9.17) is 18.9 Å². The third-order valence-corrected chi connectivity index (χ3v) is 15.7. The van der Waals surface area contributed by atoms with Crippen LogP contribution in [0.4, 0.5) is 0 Å². The van der Waals surface area contributed by atoms with Gasteiger partial charge in [0.15, 0.2) is 12.4 Å². The van der Waals surface area contributed by atoms with Gasteiger partial charge in [-0.05, 0) is 154 Å². The van der Waals surface area contributed by atoms with Crippen LogP contribution in [0.5, 0.6) is 0 Å². The molecule has 0 bridgehead atoms. The second-order valence-electron chi connectivity index (χ2n) is 26.2. The van der Waals surface area contributed by atoms with Crippen LogP contribution in [0.3, 0.4) is 0 Å². The third kappa shape index (κ3) is 78.8. The number of allylic oxidation sites excluding steroid dienone is 36. The van der Waals surface area contributed by atoms with Gasteiger partial charge in [-0.3, -0.25) is 9.59 Å². The second-order valence-corrected chi connectivity index (χ2v) is 26.2. The van der Waals surface area contributed by atoms with Crippen molar-refractivity contribution in [1.29, 1.82) is 0 Å². The van der Waals surface area contributed by atoms with Crippen LogP contribution in [0.15, 0.2) is 219 Å². The number of carboxylic acids is 1. The van der Waals surface area contributed by atoms with Gasteiger partial charge >= 0.3 is 11.9 Å². The molecule has 0 aromatic heterocycles. The van der Waals surface area contributed by atoms with Gasteiger partial charge in [0.05, 0.1) is 40.3 Å². The van der Waals surface area contributed by atoms with E-state index < -0.39 is 24.3 Å². The molecule has 0 aromatic carbocycles. The first-order chi connectivity index (χ1) is 48.6. The smallest absolute Gasteiger partial charge is 0.306 e. The average molecular weight is 1370 g/mol. The van der Waals surface area contributed by atoms with Crippen molar-refractivity contribution in [3.8, 4) is 0 Å². The first-order valence-corrected chi connectivity index (χ1v) is 38.9. The number of rotatable bonds is 69. The highest BCUT2D eigenvalue weighted by Crippen LogP contribution is 2.16. The van der Waals surface area contributed by atoms with Crippen molar-refractivity contribution >= 4 is 17.9 Å². The Bertz CT molecular complexity index is 2440. The lowest BCUT2D eigenvalue weighted by Gasteiger charge is -2.26. The largest absolute Gasteiger partial charge is 0.545 e. The zero-order valence-corrected chi connectivity index (χ0v) is 63.3. The molecule has 0 saturated heterocycles. The SMILES string of the molecule is CC/C=C\C/C=C\C/C=C\C/C=C\C/C=C\C/C=C\C/C=C\C/C=C\C/C=C\C/C=C\C/C=C\CCCCCC(=O)OC(COC(=O)CCCCCCCCCCCCCCCCC/C=C\C/C=C\C/C=C\C/C=C\C/C=C\C/C=C\C/C=C\CC)COC(OCC[N+](C)(C)C)C(=O)[O-]. The van der Waals surface area contributed by atoms with Gasteiger partial charge in [0.25, 0.3) is 0 Å². The summed E-state index contributed by atoms with van der Waals surface area (Å²) in [6.45, 7) is 4.46. The minimum Gasteiger partial charge on any atom is -0.545 e. The predicted octanol–water partition coefficient (Wildman–Crippen LogP) is 23.9. The van der Waals surface area contributed by atoms with E-state index in [1.807, 2.05) is 21.1 Å². The molecular formula is C90H141NO8. The maximum absolute atomic E-state index is 13.0. The number of likely N-dealkylation sites (N-methyl/N-ethyl adjacent to an activating group) is 1. The molecule has 2 atom stereocenters. The van der Waals surface area contributed by atoms with Gasteiger partial charge in [-0.1, -0.05) is 322 Å². The summed E-state index contributed by atoms with van der Waals surface area (Å²) in [5.41, 5.74) is 0. The van der Waals surface area contributed by atoms with Gasteiger partial charge in [-0.15, -0.1) is 0 Å². The van der Waals surface area contributed by atoms with E-state index in [9.17, 15) is 19.5 Å². The van der Waals surface area contributed by atoms with Crippen LogP contribution >= 0.6 is 0 Å². The summed E-state index contributed by atoms with van der Waals surface area (Å²) in [7, 11) is 5.91. The Morgan fingerprint density at radius 1 is 0.303 bits per heavy atom. The molecule has 0 amide bonds. The van der Waals surface area contributed by atoms with Crippen LogP contribution in [0.25, 0.3) is 0 Å². The van der Waals surface area contributed by atoms with Crippen molar-refractivity contribution in [2.24, 2.45) is 0 Å². The van der Waals surface area contributed by atoms with Crippen LogP contribution < -0.4 is 5.11 Å². The summed E-state index contributed by atoms with van der Waals surface area (Å²) < 4.78 is 22.8. The molecule has 0 aromatic rings. The number of carboxylic acid groups (broad SMARTS) is 1. The van der Waals surface area contributed by atoms with E-state index in [1.165, 1.54) is 77.0 Å². The Hall–Kier alpha value is -6.39. The van der Waals surface area contributed by atoms with Crippen LogP contribution in [0.2, 0.25) is 0 Å². The molecule has 0 spiro atoms. The van der Waals surface area contributed by atoms with Gasteiger partial charge in [-0.25, -0.2) is 0 Å².